The van der Waals surface area contributed by atoms with Crippen LogP contribution in [0.3, 0.4) is 0 Å². The van der Waals surface area contributed by atoms with E-state index in [4.69, 9.17) is 4.74 Å². The summed E-state index contributed by atoms with van der Waals surface area (Å²) in [6.45, 7) is 4.03. The molecule has 0 amide bonds. The molecule has 1 atom stereocenters. The molecule has 0 aliphatic rings. The number of carbonyl (C=O) groups excluding carboxylic acids is 1. The van der Waals surface area contributed by atoms with Gasteiger partial charge in [-0.15, -0.1) is 0 Å². The van der Waals surface area contributed by atoms with Gasteiger partial charge in [0.25, 0.3) is 0 Å². The van der Waals surface area contributed by atoms with Crippen LogP contribution in [-0.2, 0) is 9.53 Å². The van der Waals surface area contributed by atoms with Gasteiger partial charge in [-0.05, 0) is 26.5 Å². The predicted molar refractivity (Wildman–Crippen MR) is 59.7 cm³/mol. The molecule has 0 bridgehead atoms. The highest BCUT2D eigenvalue weighted by Crippen LogP contribution is 2.17. The summed E-state index contributed by atoms with van der Waals surface area (Å²) < 4.78 is 4.74. The number of likely N-dealkylation sites (N-methyl/N-ethyl adjacent to an activating group) is 1. The highest BCUT2D eigenvalue weighted by Gasteiger charge is 2.19. The Balaban J connectivity index is 3.06. The minimum absolute atomic E-state index is 0.262. The molecule has 0 aliphatic carbocycles. The fourth-order valence-corrected chi connectivity index (χ4v) is 1.72. The van der Waals surface area contributed by atoms with Gasteiger partial charge in [-0.1, -0.05) is 29.3 Å². The van der Waals surface area contributed by atoms with E-state index in [0.29, 0.717) is 0 Å². The smallest absolute Gasteiger partial charge is 0.327 e. The maximum absolute atomic E-state index is 11.5. The number of hydrogen-bond acceptors (Lipinski definition) is 3. The minimum atomic E-state index is -0.381. The molecular formula is C12H17NO2. The zero-order chi connectivity index (χ0) is 11.4. The van der Waals surface area contributed by atoms with Crippen LogP contribution < -0.4 is 5.32 Å². The third-order valence-electron chi connectivity index (χ3n) is 2.30. The number of hydrogen-bond donors (Lipinski definition) is 1. The summed E-state index contributed by atoms with van der Waals surface area (Å²) in [6, 6.07) is 5.68. The van der Waals surface area contributed by atoms with E-state index in [1.54, 1.807) is 7.05 Å². The van der Waals surface area contributed by atoms with Crippen LogP contribution in [0.15, 0.2) is 18.2 Å². The van der Waals surface area contributed by atoms with E-state index in [1.165, 1.54) is 7.11 Å². The molecule has 1 aromatic rings. The van der Waals surface area contributed by atoms with Crippen LogP contribution in [0.25, 0.3) is 0 Å². The van der Waals surface area contributed by atoms with Gasteiger partial charge in [0.15, 0.2) is 0 Å². The number of benzene rings is 1. The van der Waals surface area contributed by atoms with Crippen LogP contribution in [0.4, 0.5) is 0 Å². The van der Waals surface area contributed by atoms with E-state index in [2.05, 4.69) is 11.4 Å². The Morgan fingerprint density at radius 1 is 1.27 bits per heavy atom. The monoisotopic (exact) mass is 207 g/mol. The van der Waals surface area contributed by atoms with Crippen molar-refractivity contribution in [3.8, 4) is 0 Å². The normalized spacial score (nSPS) is 12.3. The van der Waals surface area contributed by atoms with Gasteiger partial charge in [0.1, 0.15) is 6.04 Å². The van der Waals surface area contributed by atoms with E-state index in [1.807, 2.05) is 26.0 Å². The Bertz CT molecular complexity index is 340. The molecule has 0 aliphatic heterocycles. The number of esters is 1. The molecule has 0 saturated carbocycles. The number of ether oxygens (including phenoxy) is 1. The Morgan fingerprint density at radius 2 is 1.80 bits per heavy atom. The molecule has 1 unspecified atom stereocenters. The lowest BCUT2D eigenvalue weighted by atomic mass is 10.0. The fourth-order valence-electron chi connectivity index (χ4n) is 1.72. The van der Waals surface area contributed by atoms with Crippen LogP contribution in [0.5, 0.6) is 0 Å². The van der Waals surface area contributed by atoms with Gasteiger partial charge in [0.05, 0.1) is 7.11 Å². The van der Waals surface area contributed by atoms with Crippen molar-refractivity contribution in [2.45, 2.75) is 19.9 Å². The number of carbonyl (C=O) groups is 1. The summed E-state index contributed by atoms with van der Waals surface area (Å²) in [7, 11) is 3.15. The Labute approximate surface area is 90.4 Å². The molecule has 1 aromatic carbocycles. The average molecular weight is 207 g/mol. The second-order valence-corrected chi connectivity index (χ2v) is 3.67. The molecule has 0 radical (unpaired) electrons. The lowest BCUT2D eigenvalue weighted by molar-refractivity contribution is -0.143. The first-order valence-corrected chi connectivity index (χ1v) is 4.91. The largest absolute Gasteiger partial charge is 0.468 e. The lowest BCUT2D eigenvalue weighted by Gasteiger charge is -2.15. The van der Waals surface area contributed by atoms with E-state index in [-0.39, 0.29) is 12.0 Å². The first-order chi connectivity index (χ1) is 7.08. The van der Waals surface area contributed by atoms with Crippen LogP contribution in [-0.4, -0.2) is 20.1 Å². The third kappa shape index (κ3) is 2.80. The number of methoxy groups -OCH3 is 1. The highest BCUT2D eigenvalue weighted by molar-refractivity contribution is 5.77. The molecule has 15 heavy (non-hydrogen) atoms. The van der Waals surface area contributed by atoms with Gasteiger partial charge < -0.3 is 10.1 Å². The van der Waals surface area contributed by atoms with Crippen LogP contribution in [0, 0.1) is 13.8 Å². The number of rotatable bonds is 3. The van der Waals surface area contributed by atoms with E-state index < -0.39 is 0 Å². The predicted octanol–water partition coefficient (Wildman–Crippen LogP) is 1.74. The van der Waals surface area contributed by atoms with Crippen molar-refractivity contribution in [3.63, 3.8) is 0 Å². The number of aryl methyl sites for hydroxylation is 2. The molecule has 1 rings (SSSR count). The summed E-state index contributed by atoms with van der Waals surface area (Å²) in [5.41, 5.74) is 3.24. The second kappa shape index (κ2) is 4.94. The second-order valence-electron chi connectivity index (χ2n) is 3.67. The van der Waals surface area contributed by atoms with Crippen molar-refractivity contribution in [2.75, 3.05) is 14.2 Å². The zero-order valence-electron chi connectivity index (χ0n) is 9.63. The maximum atomic E-state index is 11.5. The highest BCUT2D eigenvalue weighted by atomic mass is 16.5. The van der Waals surface area contributed by atoms with Crippen molar-refractivity contribution in [2.24, 2.45) is 0 Å². The van der Waals surface area contributed by atoms with E-state index in [0.717, 1.165) is 16.7 Å². The van der Waals surface area contributed by atoms with Gasteiger partial charge in [-0.2, -0.15) is 0 Å². The summed E-state index contributed by atoms with van der Waals surface area (Å²) in [6.07, 6.45) is 0. The lowest BCUT2D eigenvalue weighted by Crippen LogP contribution is -2.26. The van der Waals surface area contributed by atoms with Gasteiger partial charge >= 0.3 is 5.97 Å². The molecule has 0 spiro atoms. The summed E-state index contributed by atoms with van der Waals surface area (Å²) in [4.78, 5) is 11.5. The fraction of sp³-hybridized carbons (Fsp3) is 0.417. The molecule has 0 fully saturated rings. The molecule has 3 heteroatoms. The summed E-state index contributed by atoms with van der Waals surface area (Å²) >= 11 is 0. The SMILES string of the molecule is CNC(C(=O)OC)c1cc(C)cc(C)c1. The first-order valence-electron chi connectivity index (χ1n) is 4.91. The van der Waals surface area contributed by atoms with Gasteiger partial charge in [0.2, 0.25) is 0 Å². The average Bonchev–Trinajstić information content (AvgIpc) is 2.17. The van der Waals surface area contributed by atoms with Gasteiger partial charge in [0, 0.05) is 0 Å². The van der Waals surface area contributed by atoms with Crippen LogP contribution >= 0.6 is 0 Å². The molecule has 0 aromatic heterocycles. The van der Waals surface area contributed by atoms with Crippen molar-refractivity contribution >= 4 is 5.97 Å². The molecule has 0 saturated heterocycles. The molecule has 0 heterocycles. The van der Waals surface area contributed by atoms with E-state index >= 15 is 0 Å². The van der Waals surface area contributed by atoms with Crippen molar-refractivity contribution in [1.82, 2.24) is 5.32 Å². The number of nitrogens with one attached hydrogen (secondary N) is 1. The molecule has 3 nitrogen and oxygen atoms in total. The minimum Gasteiger partial charge on any atom is -0.468 e. The maximum Gasteiger partial charge on any atom is 0.327 e. The quantitative estimate of drug-likeness (QED) is 0.767. The standard InChI is InChI=1S/C12H17NO2/c1-8-5-9(2)7-10(6-8)11(13-3)12(14)15-4/h5-7,11,13H,1-4H3. The molecular weight excluding hydrogens is 190 g/mol. The van der Waals surface area contributed by atoms with E-state index in [9.17, 15) is 4.79 Å². The van der Waals surface area contributed by atoms with Gasteiger partial charge in [-0.3, -0.25) is 0 Å². The Kier molecular flexibility index (Phi) is 3.86. The van der Waals surface area contributed by atoms with Gasteiger partial charge in [-0.25, -0.2) is 4.79 Å². The van der Waals surface area contributed by atoms with Crippen molar-refractivity contribution < 1.29 is 9.53 Å². The Morgan fingerprint density at radius 3 is 2.20 bits per heavy atom. The molecule has 82 valence electrons. The third-order valence-corrected chi connectivity index (χ3v) is 2.30. The van der Waals surface area contributed by atoms with Crippen LogP contribution in [0.1, 0.15) is 22.7 Å². The summed E-state index contributed by atoms with van der Waals surface area (Å²) in [5.74, 6) is -0.262. The zero-order valence-corrected chi connectivity index (χ0v) is 9.63. The summed E-state index contributed by atoms with van der Waals surface area (Å²) in [5, 5.41) is 2.95. The molecule has 1 N–H and O–H groups in total. The Hall–Kier alpha value is -1.35. The topological polar surface area (TPSA) is 38.3 Å². The van der Waals surface area contributed by atoms with Crippen molar-refractivity contribution in [1.29, 1.82) is 0 Å². The van der Waals surface area contributed by atoms with Crippen LogP contribution in [0.2, 0.25) is 0 Å². The van der Waals surface area contributed by atoms with Crippen molar-refractivity contribution in [3.05, 3.63) is 34.9 Å². The first kappa shape index (κ1) is 11.7.